The molecule has 1 aromatic heterocycles. The minimum absolute atomic E-state index is 0.0761. The van der Waals surface area contributed by atoms with Crippen molar-refractivity contribution < 1.29 is 14.3 Å². The molecular weight excluding hydrogens is 372 g/mol. The molecule has 2 heterocycles. The van der Waals surface area contributed by atoms with Crippen LogP contribution in [0.3, 0.4) is 0 Å². The highest BCUT2D eigenvalue weighted by Gasteiger charge is 2.32. The van der Waals surface area contributed by atoms with Gasteiger partial charge in [0.25, 0.3) is 5.91 Å². The quantitative estimate of drug-likeness (QED) is 0.719. The molecule has 0 radical (unpaired) electrons. The Morgan fingerprint density at radius 2 is 1.93 bits per heavy atom. The Morgan fingerprint density at radius 1 is 1.18 bits per heavy atom. The first-order valence-electron chi connectivity index (χ1n) is 9.29. The third kappa shape index (κ3) is 3.36. The molecule has 1 atom stereocenters. The highest BCUT2D eigenvalue weighted by atomic mass is 32.1. The van der Waals surface area contributed by atoms with Gasteiger partial charge in [-0.15, -0.1) is 11.3 Å². The van der Waals surface area contributed by atoms with Crippen LogP contribution in [0.15, 0.2) is 48.5 Å². The number of methoxy groups -OCH3 is 1. The van der Waals surface area contributed by atoms with E-state index in [9.17, 15) is 9.59 Å². The normalized spacial score (nSPS) is 16.5. The van der Waals surface area contributed by atoms with Crippen molar-refractivity contribution in [2.75, 3.05) is 20.2 Å². The number of para-hydroxylation sites is 1. The Hall–Kier alpha value is -2.86. The summed E-state index contributed by atoms with van der Waals surface area (Å²) in [5, 5.41) is 1.07. The zero-order valence-electron chi connectivity index (χ0n) is 15.7. The molecule has 1 saturated heterocycles. The van der Waals surface area contributed by atoms with Crippen molar-refractivity contribution in [3.63, 3.8) is 0 Å². The molecule has 0 bridgehead atoms. The Labute approximate surface area is 167 Å². The van der Waals surface area contributed by atoms with E-state index >= 15 is 0 Å². The fourth-order valence-electron chi connectivity index (χ4n) is 4.00. The number of thiophene rings is 1. The molecule has 5 nitrogen and oxygen atoms in total. The number of carbonyl (C=O) groups is 2. The van der Waals surface area contributed by atoms with E-state index in [1.807, 2.05) is 53.4 Å². The molecule has 1 unspecified atom stereocenters. The molecule has 144 valence electrons. The zero-order chi connectivity index (χ0) is 19.7. The first kappa shape index (κ1) is 18.5. The summed E-state index contributed by atoms with van der Waals surface area (Å²) in [5.74, 6) is 0.536. The van der Waals surface area contributed by atoms with Gasteiger partial charge >= 0.3 is 0 Å². The maximum absolute atomic E-state index is 12.9. The van der Waals surface area contributed by atoms with Crippen molar-refractivity contribution in [1.29, 1.82) is 0 Å². The largest absolute Gasteiger partial charge is 0.496 e. The number of amides is 2. The van der Waals surface area contributed by atoms with E-state index < -0.39 is 5.91 Å². The number of primary amides is 1. The number of nitrogens with zero attached hydrogens (tertiary/aromatic N) is 1. The molecule has 2 aromatic carbocycles. The molecule has 0 saturated carbocycles. The van der Waals surface area contributed by atoms with Crippen molar-refractivity contribution in [3.05, 3.63) is 64.5 Å². The van der Waals surface area contributed by atoms with Gasteiger partial charge in [0.05, 0.1) is 18.4 Å². The summed E-state index contributed by atoms with van der Waals surface area (Å²) in [6, 6.07) is 15.6. The lowest BCUT2D eigenvalue weighted by Crippen LogP contribution is -2.30. The summed E-state index contributed by atoms with van der Waals surface area (Å²) < 4.78 is 6.42. The smallest absolute Gasteiger partial charge is 0.259 e. The van der Waals surface area contributed by atoms with Gasteiger partial charge in [0.15, 0.2) is 0 Å². The molecule has 0 aliphatic carbocycles. The topological polar surface area (TPSA) is 72.6 Å². The maximum Gasteiger partial charge on any atom is 0.259 e. The summed E-state index contributed by atoms with van der Waals surface area (Å²) in [6.07, 6.45) is 1.14. The number of likely N-dealkylation sites (tertiary alicyclic amines) is 1. The monoisotopic (exact) mass is 394 g/mol. The van der Waals surface area contributed by atoms with Gasteiger partial charge in [-0.2, -0.15) is 0 Å². The van der Waals surface area contributed by atoms with E-state index in [4.69, 9.17) is 10.5 Å². The third-order valence-electron chi connectivity index (χ3n) is 5.34. The Balaban J connectivity index is 1.56. The van der Waals surface area contributed by atoms with Crippen LogP contribution >= 0.6 is 11.3 Å². The molecule has 2 amide bonds. The van der Waals surface area contributed by atoms with Crippen LogP contribution < -0.4 is 10.5 Å². The molecule has 3 aromatic rings. The van der Waals surface area contributed by atoms with Gasteiger partial charge in [-0.1, -0.05) is 36.4 Å². The van der Waals surface area contributed by atoms with E-state index in [0.717, 1.165) is 33.4 Å². The highest BCUT2D eigenvalue weighted by molar-refractivity contribution is 7.21. The van der Waals surface area contributed by atoms with Crippen LogP contribution in [-0.2, 0) is 11.2 Å². The van der Waals surface area contributed by atoms with E-state index in [-0.39, 0.29) is 11.8 Å². The average Bonchev–Trinajstić information content (AvgIpc) is 3.33. The number of carbonyl (C=O) groups excluding carboxylic acids is 2. The number of rotatable bonds is 5. The van der Waals surface area contributed by atoms with Crippen LogP contribution in [0.5, 0.6) is 5.75 Å². The summed E-state index contributed by atoms with van der Waals surface area (Å²) in [7, 11) is 1.61. The predicted molar refractivity (Wildman–Crippen MR) is 111 cm³/mol. The van der Waals surface area contributed by atoms with Gasteiger partial charge in [0, 0.05) is 29.3 Å². The number of ether oxygens (including phenoxy) is 1. The second-order valence-corrected chi connectivity index (χ2v) is 8.07. The summed E-state index contributed by atoms with van der Waals surface area (Å²) in [4.78, 5) is 27.4. The number of fused-ring (bicyclic) bond motifs is 1. The van der Waals surface area contributed by atoms with E-state index in [2.05, 4.69) is 0 Å². The number of hydrogen-bond donors (Lipinski definition) is 1. The van der Waals surface area contributed by atoms with Crippen LogP contribution in [0, 0.1) is 0 Å². The van der Waals surface area contributed by atoms with Crippen LogP contribution in [0.4, 0.5) is 0 Å². The first-order valence-corrected chi connectivity index (χ1v) is 10.1. The van der Waals surface area contributed by atoms with E-state index in [1.165, 1.54) is 11.3 Å². The van der Waals surface area contributed by atoms with Crippen LogP contribution in [0.2, 0.25) is 0 Å². The molecule has 4 rings (SSSR count). The van der Waals surface area contributed by atoms with Gasteiger partial charge in [-0.3, -0.25) is 9.59 Å². The molecule has 28 heavy (non-hydrogen) atoms. The number of benzene rings is 2. The van der Waals surface area contributed by atoms with E-state index in [0.29, 0.717) is 24.4 Å². The van der Waals surface area contributed by atoms with Crippen LogP contribution in [0.1, 0.15) is 33.1 Å². The Kier molecular flexibility index (Phi) is 5.05. The van der Waals surface area contributed by atoms with Gasteiger partial charge in [-0.05, 0) is 29.5 Å². The van der Waals surface area contributed by atoms with E-state index in [1.54, 1.807) is 7.11 Å². The summed E-state index contributed by atoms with van der Waals surface area (Å²) in [6.45, 7) is 1.29. The van der Waals surface area contributed by atoms with Crippen molar-refractivity contribution >= 4 is 33.2 Å². The van der Waals surface area contributed by atoms with Crippen molar-refractivity contribution in [3.8, 4) is 5.75 Å². The highest BCUT2D eigenvalue weighted by Crippen LogP contribution is 2.40. The average molecular weight is 394 g/mol. The molecule has 6 heteroatoms. The second-order valence-electron chi connectivity index (χ2n) is 7.02. The summed E-state index contributed by atoms with van der Waals surface area (Å²) in [5.41, 5.74) is 7.54. The molecular formula is C22H22N2O3S. The minimum Gasteiger partial charge on any atom is -0.496 e. The molecule has 1 aliphatic heterocycles. The van der Waals surface area contributed by atoms with Crippen molar-refractivity contribution in [1.82, 2.24) is 4.90 Å². The van der Waals surface area contributed by atoms with Crippen LogP contribution in [0.25, 0.3) is 10.1 Å². The Bertz CT molecular complexity index is 1040. The van der Waals surface area contributed by atoms with Gasteiger partial charge in [0.2, 0.25) is 5.91 Å². The van der Waals surface area contributed by atoms with Crippen LogP contribution in [-0.4, -0.2) is 36.9 Å². The molecule has 0 spiro atoms. The Morgan fingerprint density at radius 3 is 2.71 bits per heavy atom. The fraction of sp³-hybridized carbons (Fsp3) is 0.273. The lowest BCUT2D eigenvalue weighted by atomic mass is 9.95. The van der Waals surface area contributed by atoms with Crippen molar-refractivity contribution in [2.24, 2.45) is 5.73 Å². The predicted octanol–water partition coefficient (Wildman–Crippen LogP) is 3.57. The SMILES string of the molecule is COc1ccccc1CC(=O)N1CCC(c2c(C(N)=O)sc3ccccc23)C1. The fourth-order valence-corrected chi connectivity index (χ4v) is 5.14. The molecule has 1 aliphatic rings. The third-order valence-corrected chi connectivity index (χ3v) is 6.54. The van der Waals surface area contributed by atoms with Gasteiger partial charge in [0.1, 0.15) is 5.75 Å². The second kappa shape index (κ2) is 7.64. The number of nitrogens with two attached hydrogens (primary N) is 1. The zero-order valence-corrected chi connectivity index (χ0v) is 16.5. The van der Waals surface area contributed by atoms with Crippen molar-refractivity contribution in [2.45, 2.75) is 18.8 Å². The molecule has 2 N–H and O–H groups in total. The standard InChI is InChI=1S/C22H22N2O3S/c1-27-17-8-4-2-6-14(17)12-19(25)24-11-10-15(13-24)20-16-7-3-5-9-18(16)28-21(20)22(23)26/h2-9,15H,10-13H2,1H3,(H2,23,26). The van der Waals surface area contributed by atoms with Gasteiger partial charge < -0.3 is 15.4 Å². The molecule has 1 fully saturated rings. The maximum atomic E-state index is 12.9. The first-order chi connectivity index (χ1) is 13.6. The van der Waals surface area contributed by atoms with Gasteiger partial charge in [-0.25, -0.2) is 0 Å². The lowest BCUT2D eigenvalue weighted by Gasteiger charge is -2.18. The minimum atomic E-state index is -0.394. The summed E-state index contributed by atoms with van der Waals surface area (Å²) >= 11 is 1.44. The lowest BCUT2D eigenvalue weighted by molar-refractivity contribution is -0.129. The number of hydrogen-bond acceptors (Lipinski definition) is 4.